The summed E-state index contributed by atoms with van der Waals surface area (Å²) in [7, 11) is 3.73. The van der Waals surface area contributed by atoms with Gasteiger partial charge in [-0.15, -0.1) is 0 Å². The van der Waals surface area contributed by atoms with Crippen LogP contribution in [0.25, 0.3) is 0 Å². The molecule has 1 N–H and O–H groups in total. The van der Waals surface area contributed by atoms with E-state index in [0.717, 1.165) is 32.1 Å². The highest BCUT2D eigenvalue weighted by Gasteiger charge is 2.24. The Morgan fingerprint density at radius 1 is 1.56 bits per heavy atom. The molecule has 1 aromatic rings. The van der Waals surface area contributed by atoms with Crippen molar-refractivity contribution >= 4 is 5.82 Å². The Kier molecular flexibility index (Phi) is 4.55. The molecule has 1 fully saturated rings. The first-order chi connectivity index (χ1) is 8.74. The Hall–Kier alpha value is -1.13. The smallest absolute Gasteiger partial charge is 0.131 e. The Morgan fingerprint density at radius 2 is 2.39 bits per heavy atom. The maximum Gasteiger partial charge on any atom is 0.131 e. The number of aryl methyl sites for hydroxylation is 1. The van der Waals surface area contributed by atoms with Crippen LogP contribution in [0.15, 0.2) is 12.3 Å². The summed E-state index contributed by atoms with van der Waals surface area (Å²) < 4.78 is 5.24. The standard InChI is InChI=1S/C14H23N3O/c1-11-6-13(7-15-2)8-16-14(11)17-5-4-12(9-17)10-18-3/h6,8,12,15H,4-5,7,9-10H2,1-3H3. The number of rotatable bonds is 5. The van der Waals surface area contributed by atoms with Crippen LogP contribution in [0, 0.1) is 12.8 Å². The summed E-state index contributed by atoms with van der Waals surface area (Å²) in [6, 6.07) is 2.22. The summed E-state index contributed by atoms with van der Waals surface area (Å²) in [5, 5.41) is 3.15. The van der Waals surface area contributed by atoms with Gasteiger partial charge in [0, 0.05) is 38.9 Å². The summed E-state index contributed by atoms with van der Waals surface area (Å²) in [5.74, 6) is 1.78. The molecule has 2 rings (SSSR count). The normalized spacial score (nSPS) is 19.5. The van der Waals surface area contributed by atoms with E-state index in [0.29, 0.717) is 5.92 Å². The van der Waals surface area contributed by atoms with Crippen molar-refractivity contribution in [2.75, 3.05) is 38.8 Å². The maximum atomic E-state index is 5.24. The van der Waals surface area contributed by atoms with Crippen LogP contribution in [0.1, 0.15) is 17.5 Å². The second-order valence-corrected chi connectivity index (χ2v) is 5.07. The SMILES string of the molecule is CNCc1cnc(N2CCC(COC)C2)c(C)c1. The molecule has 100 valence electrons. The molecule has 0 radical (unpaired) electrons. The lowest BCUT2D eigenvalue weighted by atomic mass is 10.1. The molecule has 0 bridgehead atoms. The maximum absolute atomic E-state index is 5.24. The number of pyridine rings is 1. The van der Waals surface area contributed by atoms with Gasteiger partial charge >= 0.3 is 0 Å². The molecule has 2 heterocycles. The molecule has 1 saturated heterocycles. The van der Waals surface area contributed by atoms with Crippen molar-refractivity contribution in [3.8, 4) is 0 Å². The van der Waals surface area contributed by atoms with Crippen molar-refractivity contribution in [2.45, 2.75) is 19.9 Å². The molecule has 0 spiro atoms. The van der Waals surface area contributed by atoms with Crippen LogP contribution in [-0.2, 0) is 11.3 Å². The highest BCUT2D eigenvalue weighted by molar-refractivity contribution is 5.48. The number of hydrogen-bond donors (Lipinski definition) is 1. The van der Waals surface area contributed by atoms with E-state index in [-0.39, 0.29) is 0 Å². The second-order valence-electron chi connectivity index (χ2n) is 5.07. The van der Waals surface area contributed by atoms with Crippen LogP contribution in [-0.4, -0.2) is 38.8 Å². The van der Waals surface area contributed by atoms with Gasteiger partial charge in [0.25, 0.3) is 0 Å². The van der Waals surface area contributed by atoms with Gasteiger partial charge in [-0.2, -0.15) is 0 Å². The molecule has 0 amide bonds. The number of ether oxygens (including phenoxy) is 1. The van der Waals surface area contributed by atoms with E-state index in [2.05, 4.69) is 28.2 Å². The lowest BCUT2D eigenvalue weighted by molar-refractivity contribution is 0.161. The molecule has 1 atom stereocenters. The minimum Gasteiger partial charge on any atom is -0.384 e. The summed E-state index contributed by atoms with van der Waals surface area (Å²) >= 11 is 0. The molecule has 1 aromatic heterocycles. The van der Waals surface area contributed by atoms with Gasteiger partial charge < -0.3 is 15.0 Å². The van der Waals surface area contributed by atoms with Gasteiger partial charge in [-0.1, -0.05) is 0 Å². The molecular formula is C14H23N3O. The van der Waals surface area contributed by atoms with Crippen LogP contribution in [0.4, 0.5) is 5.82 Å². The third-order valence-corrected chi connectivity index (χ3v) is 3.48. The molecule has 0 aromatic carbocycles. The number of anilines is 1. The number of aromatic nitrogens is 1. The number of hydrogen-bond acceptors (Lipinski definition) is 4. The first-order valence-electron chi connectivity index (χ1n) is 6.58. The fourth-order valence-corrected chi connectivity index (χ4v) is 2.65. The zero-order chi connectivity index (χ0) is 13.0. The Labute approximate surface area is 109 Å². The van der Waals surface area contributed by atoms with E-state index < -0.39 is 0 Å². The molecule has 0 aliphatic carbocycles. The van der Waals surface area contributed by atoms with Crippen LogP contribution < -0.4 is 10.2 Å². The molecule has 4 heteroatoms. The molecule has 1 unspecified atom stereocenters. The molecule has 18 heavy (non-hydrogen) atoms. The van der Waals surface area contributed by atoms with E-state index in [1.807, 2.05) is 13.2 Å². The van der Waals surface area contributed by atoms with E-state index >= 15 is 0 Å². The largest absolute Gasteiger partial charge is 0.384 e. The molecule has 0 saturated carbocycles. The summed E-state index contributed by atoms with van der Waals surface area (Å²) in [5.41, 5.74) is 2.51. The predicted molar refractivity (Wildman–Crippen MR) is 73.9 cm³/mol. The highest BCUT2D eigenvalue weighted by Crippen LogP contribution is 2.25. The van der Waals surface area contributed by atoms with Crippen LogP contribution in [0.3, 0.4) is 0 Å². The topological polar surface area (TPSA) is 37.4 Å². The minimum atomic E-state index is 0.646. The molecule has 4 nitrogen and oxygen atoms in total. The Morgan fingerprint density at radius 3 is 3.06 bits per heavy atom. The van der Waals surface area contributed by atoms with E-state index in [1.54, 1.807) is 7.11 Å². The van der Waals surface area contributed by atoms with Gasteiger partial charge in [0.2, 0.25) is 0 Å². The van der Waals surface area contributed by atoms with Gasteiger partial charge in [0.1, 0.15) is 5.82 Å². The van der Waals surface area contributed by atoms with E-state index in [1.165, 1.54) is 17.5 Å². The average Bonchev–Trinajstić information content (AvgIpc) is 2.78. The van der Waals surface area contributed by atoms with Gasteiger partial charge in [-0.25, -0.2) is 4.98 Å². The number of nitrogens with zero attached hydrogens (tertiary/aromatic N) is 2. The fraction of sp³-hybridized carbons (Fsp3) is 0.643. The van der Waals surface area contributed by atoms with Gasteiger partial charge in [0.05, 0.1) is 6.61 Å². The predicted octanol–water partition coefficient (Wildman–Crippen LogP) is 1.58. The van der Waals surface area contributed by atoms with Crippen molar-refractivity contribution in [3.05, 3.63) is 23.4 Å². The van der Waals surface area contributed by atoms with Crippen LogP contribution >= 0.6 is 0 Å². The van der Waals surface area contributed by atoms with Crippen molar-refractivity contribution < 1.29 is 4.74 Å². The van der Waals surface area contributed by atoms with Crippen LogP contribution in [0.2, 0.25) is 0 Å². The lowest BCUT2D eigenvalue weighted by Crippen LogP contribution is -2.23. The van der Waals surface area contributed by atoms with E-state index in [9.17, 15) is 0 Å². The highest BCUT2D eigenvalue weighted by atomic mass is 16.5. The number of nitrogens with one attached hydrogen (secondary N) is 1. The minimum absolute atomic E-state index is 0.646. The van der Waals surface area contributed by atoms with Gasteiger partial charge in [-0.05, 0) is 37.6 Å². The zero-order valence-corrected chi connectivity index (χ0v) is 11.6. The van der Waals surface area contributed by atoms with Gasteiger partial charge in [0.15, 0.2) is 0 Å². The molecular weight excluding hydrogens is 226 g/mol. The first-order valence-corrected chi connectivity index (χ1v) is 6.58. The van der Waals surface area contributed by atoms with Crippen molar-refractivity contribution in [2.24, 2.45) is 5.92 Å². The van der Waals surface area contributed by atoms with Gasteiger partial charge in [-0.3, -0.25) is 0 Å². The summed E-state index contributed by atoms with van der Waals surface area (Å²) in [6.07, 6.45) is 3.18. The van der Waals surface area contributed by atoms with Crippen molar-refractivity contribution in [3.63, 3.8) is 0 Å². The second kappa shape index (κ2) is 6.16. The third kappa shape index (κ3) is 3.00. The zero-order valence-electron chi connectivity index (χ0n) is 11.6. The molecule has 1 aliphatic rings. The van der Waals surface area contributed by atoms with Crippen molar-refractivity contribution in [1.29, 1.82) is 0 Å². The van der Waals surface area contributed by atoms with Crippen molar-refractivity contribution in [1.82, 2.24) is 10.3 Å². The van der Waals surface area contributed by atoms with Crippen LogP contribution in [0.5, 0.6) is 0 Å². The summed E-state index contributed by atoms with van der Waals surface area (Å²) in [4.78, 5) is 7.00. The first kappa shape index (κ1) is 13.3. The molecule has 1 aliphatic heterocycles. The fourth-order valence-electron chi connectivity index (χ4n) is 2.65. The summed E-state index contributed by atoms with van der Waals surface area (Å²) in [6.45, 7) is 6.03. The quantitative estimate of drug-likeness (QED) is 0.860. The average molecular weight is 249 g/mol. The Balaban J connectivity index is 2.05. The van der Waals surface area contributed by atoms with E-state index in [4.69, 9.17) is 4.74 Å². The Bertz CT molecular complexity index is 395. The monoisotopic (exact) mass is 249 g/mol. The lowest BCUT2D eigenvalue weighted by Gasteiger charge is -2.20. The third-order valence-electron chi connectivity index (χ3n) is 3.48. The number of methoxy groups -OCH3 is 1.